The number of amides is 2. The van der Waals surface area contributed by atoms with Crippen molar-refractivity contribution < 1.29 is 14.7 Å². The number of hydrogen-bond donors (Lipinski definition) is 2. The van der Waals surface area contributed by atoms with Crippen molar-refractivity contribution in [1.82, 2.24) is 19.6 Å². The largest absolute Gasteiger partial charge is 0.465 e. The topological polar surface area (TPSA) is 86.9 Å². The number of fused-ring (bicyclic) bond motifs is 2. The van der Waals surface area contributed by atoms with Crippen molar-refractivity contribution >= 4 is 29.3 Å². The maximum atomic E-state index is 12.9. The zero-order chi connectivity index (χ0) is 21.0. The van der Waals surface area contributed by atoms with E-state index in [9.17, 15) is 9.59 Å². The molecule has 1 aliphatic heterocycles. The van der Waals surface area contributed by atoms with Gasteiger partial charge >= 0.3 is 6.09 Å². The van der Waals surface area contributed by atoms with Gasteiger partial charge < -0.3 is 19.7 Å². The maximum Gasteiger partial charge on any atom is 0.407 e. The van der Waals surface area contributed by atoms with E-state index >= 15 is 0 Å². The number of rotatable bonds is 6. The minimum absolute atomic E-state index is 0.00676. The van der Waals surface area contributed by atoms with Gasteiger partial charge in [-0.3, -0.25) is 4.79 Å². The van der Waals surface area contributed by atoms with Crippen LogP contribution in [-0.2, 0) is 10.3 Å². The molecule has 2 aromatic heterocycles. The summed E-state index contributed by atoms with van der Waals surface area (Å²) in [5, 5.41) is 12.3. The van der Waals surface area contributed by atoms with Gasteiger partial charge in [0.1, 0.15) is 5.82 Å². The fourth-order valence-corrected chi connectivity index (χ4v) is 6.19. The van der Waals surface area contributed by atoms with E-state index in [2.05, 4.69) is 20.8 Å². The molecule has 0 bridgehead atoms. The summed E-state index contributed by atoms with van der Waals surface area (Å²) in [7, 11) is 0. The first-order valence-corrected chi connectivity index (χ1v) is 11.7. The van der Waals surface area contributed by atoms with Gasteiger partial charge in [0.05, 0.1) is 17.3 Å². The maximum absolute atomic E-state index is 12.9. The summed E-state index contributed by atoms with van der Waals surface area (Å²) in [5.74, 6) is 3.04. The van der Waals surface area contributed by atoms with Gasteiger partial charge in [0.25, 0.3) is 0 Å². The van der Waals surface area contributed by atoms with E-state index in [1.54, 1.807) is 0 Å². The van der Waals surface area contributed by atoms with Gasteiger partial charge in [-0.1, -0.05) is 6.42 Å². The van der Waals surface area contributed by atoms with E-state index in [4.69, 9.17) is 5.11 Å². The zero-order valence-corrected chi connectivity index (χ0v) is 18.2. The lowest BCUT2D eigenvalue weighted by atomic mass is 9.87. The lowest BCUT2D eigenvalue weighted by molar-refractivity contribution is -0.125. The van der Waals surface area contributed by atoms with Crippen LogP contribution in [0.5, 0.6) is 0 Å². The molecular weight excluding hydrogens is 400 g/mol. The Bertz CT molecular complexity index is 987. The van der Waals surface area contributed by atoms with Crippen LogP contribution in [-0.4, -0.2) is 50.2 Å². The Morgan fingerprint density at radius 1 is 1.30 bits per heavy atom. The number of likely N-dealkylation sites (tertiary alicyclic amines) is 1. The van der Waals surface area contributed by atoms with Gasteiger partial charge in [-0.15, -0.1) is 11.8 Å². The number of hydrogen-bond acceptors (Lipinski definition) is 4. The number of carbonyl (C=O) groups is 2. The molecule has 30 heavy (non-hydrogen) atoms. The van der Waals surface area contributed by atoms with Crippen LogP contribution in [0.25, 0.3) is 5.52 Å². The summed E-state index contributed by atoms with van der Waals surface area (Å²) < 4.78 is 2.09. The van der Waals surface area contributed by atoms with Crippen LogP contribution < -0.4 is 5.32 Å². The average molecular weight is 429 g/mol. The second kappa shape index (κ2) is 7.18. The van der Waals surface area contributed by atoms with Crippen LogP contribution in [0.4, 0.5) is 4.79 Å². The third-order valence-electron chi connectivity index (χ3n) is 6.99. The van der Waals surface area contributed by atoms with Crippen molar-refractivity contribution in [2.45, 2.75) is 43.5 Å². The molecule has 0 radical (unpaired) electrons. The van der Waals surface area contributed by atoms with Crippen molar-refractivity contribution in [1.29, 1.82) is 0 Å². The van der Waals surface area contributed by atoms with Crippen LogP contribution >= 0.6 is 11.8 Å². The van der Waals surface area contributed by atoms with E-state index in [0.29, 0.717) is 13.1 Å². The highest BCUT2D eigenvalue weighted by Crippen LogP contribution is 2.52. The number of thioether (sulfide) groups is 1. The molecule has 2 saturated carbocycles. The molecule has 1 saturated heterocycles. The lowest BCUT2D eigenvalue weighted by Crippen LogP contribution is -2.44. The van der Waals surface area contributed by atoms with Gasteiger partial charge in [0.15, 0.2) is 0 Å². The molecule has 8 heteroatoms. The molecule has 1 unspecified atom stereocenters. The van der Waals surface area contributed by atoms with Crippen molar-refractivity contribution in [2.24, 2.45) is 23.7 Å². The molecule has 0 spiro atoms. The summed E-state index contributed by atoms with van der Waals surface area (Å²) in [4.78, 5) is 31.3. The fraction of sp³-hybridized carbons (Fsp3) is 0.591. The molecule has 2 aromatic rings. The lowest BCUT2D eigenvalue weighted by Gasteiger charge is -2.26. The highest BCUT2D eigenvalue weighted by Gasteiger charge is 2.60. The van der Waals surface area contributed by atoms with E-state index in [1.165, 1.54) is 29.1 Å². The Labute approximate surface area is 180 Å². The zero-order valence-electron chi connectivity index (χ0n) is 17.4. The Kier molecular flexibility index (Phi) is 4.72. The predicted molar refractivity (Wildman–Crippen MR) is 114 cm³/mol. The van der Waals surface area contributed by atoms with Gasteiger partial charge in [-0.2, -0.15) is 0 Å². The second-order valence-corrected chi connectivity index (χ2v) is 10.5. The summed E-state index contributed by atoms with van der Waals surface area (Å²) in [5.41, 5.74) is 0.462. The Morgan fingerprint density at radius 2 is 2.03 bits per heavy atom. The van der Waals surface area contributed by atoms with Crippen LogP contribution in [0.1, 0.15) is 38.9 Å². The van der Waals surface area contributed by atoms with Gasteiger partial charge in [0.2, 0.25) is 5.91 Å². The number of carboxylic acid groups (broad SMARTS) is 1. The first kappa shape index (κ1) is 19.7. The summed E-state index contributed by atoms with van der Waals surface area (Å²) >= 11 is 1.90. The number of pyridine rings is 1. The van der Waals surface area contributed by atoms with Crippen molar-refractivity contribution in [3.8, 4) is 0 Å². The van der Waals surface area contributed by atoms with E-state index < -0.39 is 11.6 Å². The molecule has 3 atom stereocenters. The predicted octanol–water partition coefficient (Wildman–Crippen LogP) is 3.43. The number of imidazole rings is 1. The average Bonchev–Trinajstić information content (AvgIpc) is 3.01. The second-order valence-electron chi connectivity index (χ2n) is 9.47. The van der Waals surface area contributed by atoms with Crippen LogP contribution in [0.3, 0.4) is 0 Å². The van der Waals surface area contributed by atoms with Crippen molar-refractivity contribution in [2.75, 3.05) is 18.8 Å². The Hall–Kier alpha value is -2.22. The number of aromatic nitrogens is 2. The minimum Gasteiger partial charge on any atom is -0.465 e. The first-order chi connectivity index (χ1) is 14.3. The molecule has 3 fully saturated rings. The molecule has 7 nitrogen and oxygen atoms in total. The fourth-order valence-electron chi connectivity index (χ4n) is 4.97. The van der Waals surface area contributed by atoms with E-state index in [-0.39, 0.29) is 23.7 Å². The minimum atomic E-state index is -0.892. The first-order valence-electron chi connectivity index (χ1n) is 10.7. The van der Waals surface area contributed by atoms with E-state index in [1.807, 2.05) is 44.1 Å². The SMILES string of the molecule is CC(C)(NC(=O)C1[C@H]2CN(C(=O)O)C[C@@H]12)c1ncc2c(SCC3CCC3)cccn12. The quantitative estimate of drug-likeness (QED) is 0.689. The molecular formula is C22H28N4O3S. The van der Waals surface area contributed by atoms with Crippen LogP contribution in [0.2, 0.25) is 0 Å². The van der Waals surface area contributed by atoms with Crippen molar-refractivity contribution in [3.05, 3.63) is 30.4 Å². The third kappa shape index (κ3) is 3.35. The number of nitrogens with zero attached hydrogens (tertiary/aromatic N) is 3. The smallest absolute Gasteiger partial charge is 0.407 e. The number of piperidine rings is 1. The molecule has 3 aliphatic rings. The van der Waals surface area contributed by atoms with Gasteiger partial charge in [-0.25, -0.2) is 9.78 Å². The van der Waals surface area contributed by atoms with Crippen molar-refractivity contribution in [3.63, 3.8) is 0 Å². The number of nitrogens with one attached hydrogen (secondary N) is 1. The highest BCUT2D eigenvalue weighted by molar-refractivity contribution is 7.99. The standard InChI is InChI=1S/C22H28N4O3S/c1-22(2,24-19(27)18-14-10-25(21(28)29)11-15(14)18)20-23-9-16-17(7-4-8-26(16)20)30-12-13-5-3-6-13/h4,7-9,13-15,18H,3,5-6,10-12H2,1-2H3,(H,24,27)(H,28,29)/t14-,15+,18?. The van der Waals surface area contributed by atoms with Gasteiger partial charge in [-0.05, 0) is 56.6 Å². The van der Waals surface area contributed by atoms with Crippen LogP contribution in [0.15, 0.2) is 29.4 Å². The molecule has 2 aliphatic carbocycles. The molecule has 2 amide bonds. The molecule has 3 heterocycles. The summed E-state index contributed by atoms with van der Waals surface area (Å²) in [6, 6.07) is 4.19. The molecule has 0 aromatic carbocycles. The third-order valence-corrected chi connectivity index (χ3v) is 8.29. The molecule has 160 valence electrons. The highest BCUT2D eigenvalue weighted by atomic mass is 32.2. The van der Waals surface area contributed by atoms with Crippen LogP contribution in [0, 0.1) is 23.7 Å². The summed E-state index contributed by atoms with van der Waals surface area (Å²) in [6.45, 7) is 4.89. The monoisotopic (exact) mass is 428 g/mol. The van der Waals surface area contributed by atoms with Gasteiger partial charge in [0, 0.05) is 35.9 Å². The molecule has 2 N–H and O–H groups in total. The molecule has 5 rings (SSSR count). The summed E-state index contributed by atoms with van der Waals surface area (Å²) in [6.07, 6.45) is 7.06. The number of carbonyl (C=O) groups excluding carboxylic acids is 1. The normalized spacial score (nSPS) is 25.8. The Morgan fingerprint density at radius 3 is 2.67 bits per heavy atom. The Balaban J connectivity index is 1.28. The van der Waals surface area contributed by atoms with E-state index in [0.717, 1.165) is 23.0 Å².